The van der Waals surface area contributed by atoms with E-state index in [9.17, 15) is 18.0 Å². The van der Waals surface area contributed by atoms with Gasteiger partial charge in [0.2, 0.25) is 5.91 Å². The molecule has 0 aromatic heterocycles. The van der Waals surface area contributed by atoms with Crippen molar-refractivity contribution in [3.63, 3.8) is 0 Å². The van der Waals surface area contributed by atoms with Gasteiger partial charge >= 0.3 is 6.18 Å². The van der Waals surface area contributed by atoms with Crippen molar-refractivity contribution >= 4 is 5.91 Å². The lowest BCUT2D eigenvalue weighted by Crippen LogP contribution is -2.53. The molecule has 2 unspecified atom stereocenters. The van der Waals surface area contributed by atoms with Gasteiger partial charge in [0.15, 0.2) is 0 Å². The number of nitrogens with one attached hydrogen (secondary N) is 1. The zero-order chi connectivity index (χ0) is 14.0. The van der Waals surface area contributed by atoms with Crippen molar-refractivity contribution in [2.45, 2.75) is 56.8 Å². The number of likely N-dealkylation sites (N-methyl/N-ethyl adjacent to an activating group) is 1. The van der Waals surface area contributed by atoms with Gasteiger partial charge in [0, 0.05) is 19.6 Å². The Kier molecular flexibility index (Phi) is 4.38. The molecule has 2 rings (SSSR count). The van der Waals surface area contributed by atoms with E-state index < -0.39 is 18.1 Å². The Morgan fingerprint density at radius 1 is 1.16 bits per heavy atom. The molecule has 2 fully saturated rings. The Bertz CT molecular complexity index is 318. The minimum absolute atomic E-state index is 0.0470. The van der Waals surface area contributed by atoms with Crippen LogP contribution >= 0.6 is 0 Å². The molecule has 1 heterocycles. The number of hydrogen-bond acceptors (Lipinski definition) is 2. The second kappa shape index (κ2) is 5.69. The first-order valence-electron chi connectivity index (χ1n) is 6.96. The Balaban J connectivity index is 1.85. The maximum atomic E-state index is 12.5. The highest BCUT2D eigenvalue weighted by atomic mass is 19.4. The van der Waals surface area contributed by atoms with E-state index in [1.165, 1.54) is 0 Å². The molecular formula is C13H21F3N2O. The summed E-state index contributed by atoms with van der Waals surface area (Å²) in [6.07, 6.45) is 0.469. The summed E-state index contributed by atoms with van der Waals surface area (Å²) >= 11 is 0. The highest BCUT2D eigenvalue weighted by molar-refractivity contribution is 5.82. The maximum Gasteiger partial charge on any atom is 0.393 e. The molecule has 3 nitrogen and oxygen atoms in total. The molecule has 1 N–H and O–H groups in total. The van der Waals surface area contributed by atoms with Gasteiger partial charge in [-0.25, -0.2) is 0 Å². The molecule has 0 bridgehead atoms. The van der Waals surface area contributed by atoms with Crippen LogP contribution in [0.2, 0.25) is 0 Å². The van der Waals surface area contributed by atoms with Gasteiger partial charge in [-0.15, -0.1) is 0 Å². The summed E-state index contributed by atoms with van der Waals surface area (Å²) in [5, 5.41) is 2.77. The predicted octanol–water partition coefficient (Wildman–Crippen LogP) is 2.32. The third kappa shape index (κ3) is 3.41. The molecule has 1 saturated heterocycles. The second-order valence-electron chi connectivity index (χ2n) is 5.66. The molecule has 1 amide bonds. The van der Waals surface area contributed by atoms with Crippen LogP contribution in [-0.2, 0) is 4.79 Å². The summed E-state index contributed by atoms with van der Waals surface area (Å²) < 4.78 is 37.6. The maximum absolute atomic E-state index is 12.5. The molecular weight excluding hydrogens is 257 g/mol. The largest absolute Gasteiger partial charge is 0.393 e. The van der Waals surface area contributed by atoms with Crippen LogP contribution in [0.1, 0.15) is 38.5 Å². The van der Waals surface area contributed by atoms with Crippen LogP contribution in [0.5, 0.6) is 0 Å². The summed E-state index contributed by atoms with van der Waals surface area (Å²) in [5.74, 6) is -1.36. The molecule has 110 valence electrons. The van der Waals surface area contributed by atoms with Gasteiger partial charge in [-0.1, -0.05) is 12.8 Å². The van der Waals surface area contributed by atoms with Crippen LogP contribution in [0.25, 0.3) is 0 Å². The van der Waals surface area contributed by atoms with Crippen LogP contribution in [-0.4, -0.2) is 42.7 Å². The molecule has 0 aromatic carbocycles. The summed E-state index contributed by atoms with van der Waals surface area (Å²) in [6, 6.07) is -0.168. The van der Waals surface area contributed by atoms with Gasteiger partial charge in [0.05, 0.1) is 12.0 Å². The van der Waals surface area contributed by atoms with Crippen LogP contribution in [0, 0.1) is 5.92 Å². The van der Waals surface area contributed by atoms with Crippen molar-refractivity contribution in [1.82, 2.24) is 10.2 Å². The zero-order valence-electron chi connectivity index (χ0n) is 11.2. The van der Waals surface area contributed by atoms with Crippen LogP contribution in [0.4, 0.5) is 13.2 Å². The Morgan fingerprint density at radius 3 is 2.26 bits per heavy atom. The first-order chi connectivity index (χ1) is 8.89. The van der Waals surface area contributed by atoms with E-state index in [0.29, 0.717) is 0 Å². The van der Waals surface area contributed by atoms with Gasteiger partial charge in [-0.3, -0.25) is 4.79 Å². The second-order valence-corrected chi connectivity index (χ2v) is 5.66. The minimum Gasteiger partial charge on any atom is -0.341 e. The van der Waals surface area contributed by atoms with Crippen molar-refractivity contribution in [2.75, 3.05) is 13.6 Å². The third-order valence-electron chi connectivity index (χ3n) is 4.40. The number of rotatable bonds is 2. The van der Waals surface area contributed by atoms with Crippen LogP contribution < -0.4 is 5.32 Å². The normalized spacial score (nSPS) is 29.5. The van der Waals surface area contributed by atoms with E-state index >= 15 is 0 Å². The fourth-order valence-corrected chi connectivity index (χ4v) is 3.06. The van der Waals surface area contributed by atoms with E-state index in [-0.39, 0.29) is 31.3 Å². The van der Waals surface area contributed by atoms with Gasteiger partial charge in [-0.05, 0) is 25.7 Å². The number of halogens is 3. The van der Waals surface area contributed by atoms with Crippen molar-refractivity contribution in [1.29, 1.82) is 0 Å². The molecule has 19 heavy (non-hydrogen) atoms. The average Bonchev–Trinajstić information content (AvgIpc) is 2.90. The van der Waals surface area contributed by atoms with Crippen molar-refractivity contribution < 1.29 is 18.0 Å². The lowest BCUT2D eigenvalue weighted by Gasteiger charge is -2.34. The monoisotopic (exact) mass is 278 g/mol. The van der Waals surface area contributed by atoms with Crippen LogP contribution in [0.15, 0.2) is 0 Å². The van der Waals surface area contributed by atoms with Gasteiger partial charge in [0.1, 0.15) is 0 Å². The van der Waals surface area contributed by atoms with E-state index in [1.807, 2.05) is 0 Å². The molecule has 2 aliphatic rings. The predicted molar refractivity (Wildman–Crippen MR) is 65.6 cm³/mol. The Hall–Kier alpha value is -0.780. The quantitative estimate of drug-likeness (QED) is 0.840. The van der Waals surface area contributed by atoms with E-state index in [2.05, 4.69) is 5.32 Å². The fraction of sp³-hybridized carbons (Fsp3) is 0.923. The van der Waals surface area contributed by atoms with E-state index in [0.717, 1.165) is 25.7 Å². The highest BCUT2D eigenvalue weighted by Crippen LogP contribution is 2.32. The van der Waals surface area contributed by atoms with Crippen molar-refractivity contribution in [2.24, 2.45) is 5.92 Å². The number of carbonyl (C=O) groups is 1. The first-order valence-corrected chi connectivity index (χ1v) is 6.96. The molecule has 1 saturated carbocycles. The van der Waals surface area contributed by atoms with E-state index in [4.69, 9.17) is 0 Å². The molecule has 0 aromatic rings. The summed E-state index contributed by atoms with van der Waals surface area (Å²) in [5.41, 5.74) is 0. The number of piperidine rings is 1. The lowest BCUT2D eigenvalue weighted by molar-refractivity contribution is -0.180. The Morgan fingerprint density at radius 2 is 1.79 bits per heavy atom. The fourth-order valence-electron chi connectivity index (χ4n) is 3.06. The van der Waals surface area contributed by atoms with Gasteiger partial charge in [0.25, 0.3) is 0 Å². The highest BCUT2D eigenvalue weighted by Gasteiger charge is 2.43. The SMILES string of the molecule is CN(C(=O)C1CCC(C(F)(F)F)CN1)C1CCCC1. The first kappa shape index (κ1) is 14.6. The summed E-state index contributed by atoms with van der Waals surface area (Å²) in [4.78, 5) is 14.0. The number of nitrogens with zero attached hydrogens (tertiary/aromatic N) is 1. The number of amides is 1. The number of hydrogen-bond donors (Lipinski definition) is 1. The zero-order valence-corrected chi connectivity index (χ0v) is 11.2. The van der Waals surface area contributed by atoms with Crippen LogP contribution in [0.3, 0.4) is 0 Å². The molecule has 6 heteroatoms. The van der Waals surface area contributed by atoms with Crippen molar-refractivity contribution in [3.8, 4) is 0 Å². The molecule has 1 aliphatic heterocycles. The van der Waals surface area contributed by atoms with E-state index in [1.54, 1.807) is 11.9 Å². The molecule has 2 atom stereocenters. The summed E-state index contributed by atoms with van der Waals surface area (Å²) in [6.45, 7) is -0.140. The molecule has 0 spiro atoms. The summed E-state index contributed by atoms with van der Waals surface area (Å²) in [7, 11) is 1.77. The minimum atomic E-state index is -4.15. The smallest absolute Gasteiger partial charge is 0.341 e. The number of carbonyl (C=O) groups excluding carboxylic acids is 1. The number of alkyl halides is 3. The third-order valence-corrected chi connectivity index (χ3v) is 4.40. The topological polar surface area (TPSA) is 32.3 Å². The van der Waals surface area contributed by atoms with Gasteiger partial charge in [-0.2, -0.15) is 13.2 Å². The van der Waals surface area contributed by atoms with Gasteiger partial charge < -0.3 is 10.2 Å². The Labute approximate surface area is 111 Å². The average molecular weight is 278 g/mol. The van der Waals surface area contributed by atoms with Crippen molar-refractivity contribution in [3.05, 3.63) is 0 Å². The molecule has 0 radical (unpaired) electrons. The molecule has 1 aliphatic carbocycles. The lowest BCUT2D eigenvalue weighted by atomic mass is 9.93. The standard InChI is InChI=1S/C13H21F3N2O/c1-18(10-4-2-3-5-10)12(19)11-7-6-9(8-17-11)13(14,15)16/h9-11,17H,2-8H2,1H3.